The van der Waals surface area contributed by atoms with E-state index in [4.69, 9.17) is 4.74 Å². The molecular weight excluding hydrogens is 330 g/mol. The molecule has 0 aromatic heterocycles. The first kappa shape index (κ1) is 17.8. The minimum Gasteiger partial charge on any atom is -0.507 e. The molecule has 1 aromatic carbocycles. The van der Waals surface area contributed by atoms with Gasteiger partial charge in [-0.3, -0.25) is 4.79 Å². The van der Waals surface area contributed by atoms with Gasteiger partial charge in [0.25, 0.3) is 0 Å². The molecule has 0 fully saturated rings. The predicted octanol–water partition coefficient (Wildman–Crippen LogP) is 3.19. The number of para-hydroxylation sites is 1. The Labute approximate surface area is 143 Å². The van der Waals surface area contributed by atoms with Crippen molar-refractivity contribution in [3.63, 3.8) is 0 Å². The molecule has 6 nitrogen and oxygen atoms in total. The Bertz CT molecular complexity index is 764. The zero-order valence-corrected chi connectivity index (χ0v) is 14.1. The number of aliphatic imine (C=N–C) groups is 1. The van der Waals surface area contributed by atoms with Crippen LogP contribution in [0.25, 0.3) is 6.08 Å². The fourth-order valence-electron chi connectivity index (χ4n) is 1.93. The topological polar surface area (TPSA) is 96.2 Å². The normalized spacial score (nSPS) is 17.6. The average molecular weight is 347 g/mol. The molecule has 0 aliphatic carbocycles. The molecule has 1 aromatic rings. The highest BCUT2D eigenvalue weighted by Gasteiger charge is 2.33. The van der Waals surface area contributed by atoms with E-state index in [1.54, 1.807) is 32.0 Å². The first-order valence-electron chi connectivity index (χ1n) is 7.38. The van der Waals surface area contributed by atoms with E-state index in [2.05, 4.69) is 4.99 Å². The molecule has 1 aliphatic rings. The van der Waals surface area contributed by atoms with Gasteiger partial charge in [-0.25, -0.2) is 9.79 Å². The summed E-state index contributed by atoms with van der Waals surface area (Å²) in [6.45, 7) is 3.43. The molecule has 0 saturated carbocycles. The molecular formula is C17H17NO5S. The van der Waals surface area contributed by atoms with Crippen LogP contribution in [0.1, 0.15) is 25.8 Å². The summed E-state index contributed by atoms with van der Waals surface area (Å²) in [7, 11) is 0. The highest BCUT2D eigenvalue weighted by molar-refractivity contribution is 8.18. The fraction of sp³-hybridized carbons (Fsp3) is 0.235. The van der Waals surface area contributed by atoms with Crippen LogP contribution in [0.3, 0.4) is 0 Å². The Balaban J connectivity index is 2.49. The number of aliphatic hydroxyl groups excluding tert-OH is 1. The summed E-state index contributed by atoms with van der Waals surface area (Å²) in [5, 5.41) is 20.3. The van der Waals surface area contributed by atoms with Gasteiger partial charge in [-0.05, 0) is 19.1 Å². The van der Waals surface area contributed by atoms with E-state index in [0.29, 0.717) is 10.5 Å². The van der Waals surface area contributed by atoms with E-state index >= 15 is 0 Å². The van der Waals surface area contributed by atoms with Gasteiger partial charge in [-0.2, -0.15) is 0 Å². The van der Waals surface area contributed by atoms with Crippen molar-refractivity contribution in [3.8, 4) is 5.75 Å². The standard InChI is InChI=1S/C17H17NO5S/c1-3-13(20)18-16-14(17(22)23-4-2)15(21)12(24-16)9-10-7-5-6-8-11(10)19/h5-9,19,21H,3-4H2,1-2H3/b12-9-,18-16?. The average Bonchev–Trinajstić information content (AvgIpc) is 2.85. The third-order valence-corrected chi connectivity index (χ3v) is 4.14. The van der Waals surface area contributed by atoms with Crippen LogP contribution in [0.5, 0.6) is 5.75 Å². The Kier molecular flexibility index (Phi) is 5.81. The highest BCUT2D eigenvalue weighted by Crippen LogP contribution is 2.40. The van der Waals surface area contributed by atoms with Crippen LogP contribution in [-0.4, -0.2) is 33.7 Å². The van der Waals surface area contributed by atoms with Gasteiger partial charge in [0.1, 0.15) is 22.1 Å². The second kappa shape index (κ2) is 7.83. The summed E-state index contributed by atoms with van der Waals surface area (Å²) in [5.74, 6) is -1.43. The molecule has 24 heavy (non-hydrogen) atoms. The van der Waals surface area contributed by atoms with Crippen LogP contribution in [0, 0.1) is 0 Å². The summed E-state index contributed by atoms with van der Waals surface area (Å²) in [6.07, 6.45) is 1.70. The maximum atomic E-state index is 12.1. The van der Waals surface area contributed by atoms with Gasteiger partial charge in [0.2, 0.25) is 5.91 Å². The zero-order valence-electron chi connectivity index (χ0n) is 13.3. The molecule has 2 N–H and O–H groups in total. The van der Waals surface area contributed by atoms with Crippen molar-refractivity contribution in [2.24, 2.45) is 4.99 Å². The zero-order chi connectivity index (χ0) is 17.7. The molecule has 0 atom stereocenters. The van der Waals surface area contributed by atoms with Crippen LogP contribution < -0.4 is 0 Å². The number of carbonyl (C=O) groups excluding carboxylic acids is 2. The van der Waals surface area contributed by atoms with Crippen LogP contribution in [-0.2, 0) is 14.3 Å². The van der Waals surface area contributed by atoms with Gasteiger partial charge in [0.15, 0.2) is 0 Å². The Morgan fingerprint density at radius 3 is 2.58 bits per heavy atom. The van der Waals surface area contributed by atoms with Crippen LogP contribution >= 0.6 is 11.8 Å². The lowest BCUT2D eigenvalue weighted by molar-refractivity contribution is -0.138. The van der Waals surface area contributed by atoms with E-state index in [1.165, 1.54) is 12.1 Å². The number of nitrogens with zero attached hydrogens (tertiary/aromatic N) is 1. The molecule has 0 spiro atoms. The lowest BCUT2D eigenvalue weighted by Gasteiger charge is -2.02. The third-order valence-electron chi connectivity index (χ3n) is 3.12. The second-order valence-corrected chi connectivity index (χ2v) is 5.81. The quantitative estimate of drug-likeness (QED) is 0.812. The Morgan fingerprint density at radius 2 is 1.96 bits per heavy atom. The van der Waals surface area contributed by atoms with Crippen LogP contribution in [0.2, 0.25) is 0 Å². The Morgan fingerprint density at radius 1 is 1.25 bits per heavy atom. The molecule has 126 valence electrons. The Hall–Kier alpha value is -2.54. The van der Waals surface area contributed by atoms with Crippen molar-refractivity contribution >= 4 is 34.8 Å². The molecule has 1 aliphatic heterocycles. The smallest absolute Gasteiger partial charge is 0.344 e. The maximum absolute atomic E-state index is 12.1. The number of phenolic OH excluding ortho intramolecular Hbond substituents is 1. The SMILES string of the molecule is CCOC(=O)C1=C(O)/C(=C/c2ccccc2O)SC1=NC(=O)CC. The molecule has 0 saturated heterocycles. The largest absolute Gasteiger partial charge is 0.507 e. The van der Waals surface area contributed by atoms with Gasteiger partial charge in [-0.1, -0.05) is 36.9 Å². The van der Waals surface area contributed by atoms with Gasteiger partial charge in [0, 0.05) is 12.0 Å². The van der Waals surface area contributed by atoms with Gasteiger partial charge < -0.3 is 14.9 Å². The maximum Gasteiger partial charge on any atom is 0.344 e. The van der Waals surface area contributed by atoms with Crippen molar-refractivity contribution in [1.29, 1.82) is 0 Å². The van der Waals surface area contributed by atoms with Crippen LogP contribution in [0.4, 0.5) is 0 Å². The van der Waals surface area contributed by atoms with E-state index < -0.39 is 11.9 Å². The van der Waals surface area contributed by atoms with Crippen molar-refractivity contribution in [2.75, 3.05) is 6.61 Å². The first-order valence-corrected chi connectivity index (χ1v) is 8.19. The number of amides is 1. The molecule has 1 amide bonds. The first-order chi connectivity index (χ1) is 11.5. The number of esters is 1. The minimum atomic E-state index is -0.745. The lowest BCUT2D eigenvalue weighted by Crippen LogP contribution is -2.14. The van der Waals surface area contributed by atoms with E-state index in [9.17, 15) is 19.8 Å². The summed E-state index contributed by atoms with van der Waals surface area (Å²) in [4.78, 5) is 27.9. The number of ether oxygens (including phenoxy) is 1. The fourth-order valence-corrected chi connectivity index (χ4v) is 2.96. The predicted molar refractivity (Wildman–Crippen MR) is 92.7 cm³/mol. The van der Waals surface area contributed by atoms with Gasteiger partial charge >= 0.3 is 5.97 Å². The summed E-state index contributed by atoms with van der Waals surface area (Å²) < 4.78 is 4.93. The van der Waals surface area contributed by atoms with Crippen molar-refractivity contribution in [1.82, 2.24) is 0 Å². The number of thioether (sulfide) groups is 1. The number of carbonyl (C=O) groups is 2. The molecule has 0 bridgehead atoms. The van der Waals surface area contributed by atoms with Crippen molar-refractivity contribution in [3.05, 3.63) is 46.1 Å². The number of rotatable bonds is 4. The molecule has 0 radical (unpaired) electrons. The lowest BCUT2D eigenvalue weighted by atomic mass is 10.1. The number of aliphatic hydroxyl groups is 1. The summed E-state index contributed by atoms with van der Waals surface area (Å²) in [5.41, 5.74) is 0.336. The molecule has 2 rings (SSSR count). The number of aromatic hydroxyl groups is 1. The monoisotopic (exact) mass is 347 g/mol. The van der Waals surface area contributed by atoms with E-state index in [1.807, 2.05) is 0 Å². The van der Waals surface area contributed by atoms with Crippen LogP contribution in [0.15, 0.2) is 45.5 Å². The van der Waals surface area contributed by atoms with E-state index in [-0.39, 0.29) is 35.2 Å². The van der Waals surface area contributed by atoms with Crippen molar-refractivity contribution in [2.45, 2.75) is 20.3 Å². The number of benzene rings is 1. The second-order valence-electron chi connectivity index (χ2n) is 4.78. The number of hydrogen-bond donors (Lipinski definition) is 2. The van der Waals surface area contributed by atoms with E-state index in [0.717, 1.165) is 11.8 Å². The van der Waals surface area contributed by atoms with Gasteiger partial charge in [0.05, 0.1) is 11.5 Å². The molecule has 1 heterocycles. The number of phenols is 1. The third kappa shape index (κ3) is 3.86. The summed E-state index contributed by atoms with van der Waals surface area (Å²) in [6, 6.07) is 6.57. The number of hydrogen-bond acceptors (Lipinski definition) is 6. The minimum absolute atomic E-state index is 0.0334. The van der Waals surface area contributed by atoms with Crippen molar-refractivity contribution < 1.29 is 24.5 Å². The highest BCUT2D eigenvalue weighted by atomic mass is 32.2. The summed E-state index contributed by atoms with van der Waals surface area (Å²) >= 11 is 0.983. The van der Waals surface area contributed by atoms with Gasteiger partial charge in [-0.15, -0.1) is 0 Å². The molecule has 0 unspecified atom stereocenters. The molecule has 7 heteroatoms.